The van der Waals surface area contributed by atoms with E-state index in [1.54, 1.807) is 0 Å². The number of pyridine rings is 1. The van der Waals surface area contributed by atoms with E-state index < -0.39 is 4.92 Å². The van der Waals surface area contributed by atoms with Gasteiger partial charge in [-0.1, -0.05) is 11.6 Å². The van der Waals surface area contributed by atoms with E-state index in [1.165, 1.54) is 12.3 Å². The molecule has 1 aromatic rings. The SMILES string of the molecule is O=[N+]([O-])c1cnc(N2CCCCC2CCO)c(Cl)c1. The van der Waals surface area contributed by atoms with Gasteiger partial charge in [-0.3, -0.25) is 10.1 Å². The van der Waals surface area contributed by atoms with E-state index >= 15 is 0 Å². The monoisotopic (exact) mass is 285 g/mol. The highest BCUT2D eigenvalue weighted by atomic mass is 35.5. The molecule has 6 nitrogen and oxygen atoms in total. The van der Waals surface area contributed by atoms with Gasteiger partial charge >= 0.3 is 0 Å². The average Bonchev–Trinajstić information content (AvgIpc) is 2.40. The van der Waals surface area contributed by atoms with Gasteiger partial charge in [0.2, 0.25) is 0 Å². The van der Waals surface area contributed by atoms with Crippen LogP contribution in [0.25, 0.3) is 0 Å². The zero-order valence-electron chi connectivity index (χ0n) is 10.5. The highest BCUT2D eigenvalue weighted by Crippen LogP contribution is 2.32. The Hall–Kier alpha value is -1.40. The van der Waals surface area contributed by atoms with Gasteiger partial charge in [-0.15, -0.1) is 0 Å². The number of aliphatic hydroxyl groups excluding tert-OH is 1. The summed E-state index contributed by atoms with van der Waals surface area (Å²) >= 11 is 6.10. The van der Waals surface area contributed by atoms with Crippen LogP contribution < -0.4 is 4.90 Å². The van der Waals surface area contributed by atoms with Crippen LogP contribution in [-0.4, -0.2) is 34.2 Å². The predicted octanol–water partition coefficient (Wildman–Crippen LogP) is 2.38. The smallest absolute Gasteiger partial charge is 0.289 e. The number of anilines is 1. The van der Waals surface area contributed by atoms with Crippen molar-refractivity contribution < 1.29 is 10.0 Å². The highest BCUT2D eigenvalue weighted by molar-refractivity contribution is 6.33. The van der Waals surface area contributed by atoms with Crippen molar-refractivity contribution in [2.24, 2.45) is 0 Å². The van der Waals surface area contributed by atoms with Crippen LogP contribution in [0.2, 0.25) is 5.02 Å². The summed E-state index contributed by atoms with van der Waals surface area (Å²) in [7, 11) is 0. The number of hydrogen-bond acceptors (Lipinski definition) is 5. The minimum absolute atomic E-state index is 0.107. The minimum atomic E-state index is -0.510. The molecule has 0 aliphatic carbocycles. The maximum absolute atomic E-state index is 10.7. The van der Waals surface area contributed by atoms with Crippen molar-refractivity contribution in [2.75, 3.05) is 18.1 Å². The number of piperidine rings is 1. The maximum atomic E-state index is 10.7. The second-order valence-corrected chi connectivity index (χ2v) is 5.02. The number of halogens is 1. The first-order valence-corrected chi connectivity index (χ1v) is 6.68. The van der Waals surface area contributed by atoms with Crippen molar-refractivity contribution in [2.45, 2.75) is 31.7 Å². The fraction of sp³-hybridized carbons (Fsp3) is 0.583. The number of rotatable bonds is 4. The number of aliphatic hydroxyl groups is 1. The van der Waals surface area contributed by atoms with Crippen LogP contribution in [0.3, 0.4) is 0 Å². The van der Waals surface area contributed by atoms with E-state index in [0.29, 0.717) is 17.3 Å². The Bertz CT molecular complexity index is 468. The third-order valence-corrected chi connectivity index (χ3v) is 3.66. The van der Waals surface area contributed by atoms with Crippen molar-refractivity contribution >= 4 is 23.1 Å². The van der Waals surface area contributed by atoms with Gasteiger partial charge in [-0.2, -0.15) is 0 Å². The fourth-order valence-corrected chi connectivity index (χ4v) is 2.73. The number of hydrogen-bond donors (Lipinski definition) is 1. The molecule has 19 heavy (non-hydrogen) atoms. The normalized spacial score (nSPS) is 19.5. The second-order valence-electron chi connectivity index (χ2n) is 4.61. The van der Waals surface area contributed by atoms with E-state index in [0.717, 1.165) is 25.8 Å². The zero-order chi connectivity index (χ0) is 13.8. The molecule has 1 atom stereocenters. The lowest BCUT2D eigenvalue weighted by Gasteiger charge is -2.36. The molecule has 1 fully saturated rings. The lowest BCUT2D eigenvalue weighted by molar-refractivity contribution is -0.385. The Labute approximate surface area is 116 Å². The molecule has 0 saturated carbocycles. The van der Waals surface area contributed by atoms with Gasteiger partial charge in [0.05, 0.1) is 9.95 Å². The van der Waals surface area contributed by atoms with E-state index in [9.17, 15) is 10.1 Å². The van der Waals surface area contributed by atoms with Gasteiger partial charge in [0.25, 0.3) is 5.69 Å². The molecular weight excluding hydrogens is 270 g/mol. The molecule has 0 aromatic carbocycles. The van der Waals surface area contributed by atoms with Crippen LogP contribution in [0.1, 0.15) is 25.7 Å². The van der Waals surface area contributed by atoms with E-state index in [1.807, 2.05) is 4.90 Å². The zero-order valence-corrected chi connectivity index (χ0v) is 11.2. The third-order valence-electron chi connectivity index (χ3n) is 3.38. The molecule has 2 rings (SSSR count). The molecular formula is C12H16ClN3O3. The Morgan fingerprint density at radius 3 is 3.00 bits per heavy atom. The molecule has 0 amide bonds. The molecule has 1 aliphatic heterocycles. The van der Waals surface area contributed by atoms with Crippen LogP contribution >= 0.6 is 11.6 Å². The largest absolute Gasteiger partial charge is 0.396 e. The Kier molecular flexibility index (Phi) is 4.55. The van der Waals surface area contributed by atoms with E-state index in [-0.39, 0.29) is 18.3 Å². The van der Waals surface area contributed by atoms with Crippen molar-refractivity contribution in [1.29, 1.82) is 0 Å². The Morgan fingerprint density at radius 1 is 1.58 bits per heavy atom. The number of aromatic nitrogens is 1. The lowest BCUT2D eigenvalue weighted by atomic mass is 9.99. The molecule has 1 N–H and O–H groups in total. The average molecular weight is 286 g/mol. The first-order valence-electron chi connectivity index (χ1n) is 6.31. The van der Waals surface area contributed by atoms with Crippen LogP contribution in [0.5, 0.6) is 0 Å². The molecule has 104 valence electrons. The summed E-state index contributed by atoms with van der Waals surface area (Å²) in [5.74, 6) is 0.574. The van der Waals surface area contributed by atoms with Gasteiger partial charge in [0.15, 0.2) is 0 Å². The van der Waals surface area contributed by atoms with Crippen LogP contribution in [0.4, 0.5) is 11.5 Å². The predicted molar refractivity (Wildman–Crippen MR) is 72.6 cm³/mol. The van der Waals surface area contributed by atoms with Crippen molar-refractivity contribution in [3.63, 3.8) is 0 Å². The van der Waals surface area contributed by atoms with Gasteiger partial charge in [-0.05, 0) is 25.7 Å². The topological polar surface area (TPSA) is 79.5 Å². The van der Waals surface area contributed by atoms with Gasteiger partial charge in [0.1, 0.15) is 12.0 Å². The highest BCUT2D eigenvalue weighted by Gasteiger charge is 2.25. The van der Waals surface area contributed by atoms with Gasteiger partial charge in [-0.25, -0.2) is 4.98 Å². The molecule has 1 saturated heterocycles. The van der Waals surface area contributed by atoms with Crippen LogP contribution in [0.15, 0.2) is 12.3 Å². The Morgan fingerprint density at radius 2 is 2.37 bits per heavy atom. The summed E-state index contributed by atoms with van der Waals surface area (Å²) < 4.78 is 0. The minimum Gasteiger partial charge on any atom is -0.396 e. The molecule has 0 bridgehead atoms. The Balaban J connectivity index is 2.26. The maximum Gasteiger partial charge on any atom is 0.289 e. The molecule has 7 heteroatoms. The van der Waals surface area contributed by atoms with Crippen molar-refractivity contribution in [1.82, 2.24) is 4.98 Å². The molecule has 2 heterocycles. The van der Waals surface area contributed by atoms with Crippen LogP contribution in [0, 0.1) is 10.1 Å². The fourth-order valence-electron chi connectivity index (χ4n) is 2.46. The molecule has 1 unspecified atom stereocenters. The summed E-state index contributed by atoms with van der Waals surface area (Å²) in [6, 6.07) is 1.53. The first-order chi connectivity index (χ1) is 9.13. The molecule has 0 radical (unpaired) electrons. The van der Waals surface area contributed by atoms with Crippen molar-refractivity contribution in [3.8, 4) is 0 Å². The molecule has 1 aromatic heterocycles. The number of nitrogens with zero attached hydrogens (tertiary/aromatic N) is 3. The van der Waals surface area contributed by atoms with Gasteiger partial charge in [0, 0.05) is 25.3 Å². The first kappa shape index (κ1) is 14.0. The summed E-state index contributed by atoms with van der Waals surface area (Å²) in [5.41, 5.74) is -0.107. The van der Waals surface area contributed by atoms with E-state index in [2.05, 4.69) is 4.98 Å². The quantitative estimate of drug-likeness (QED) is 0.679. The standard InChI is InChI=1S/C12H16ClN3O3/c13-11-7-10(16(18)19)8-14-12(11)15-5-2-1-3-9(15)4-6-17/h7-9,17H,1-6H2. The number of nitro groups is 1. The molecule has 1 aliphatic rings. The lowest BCUT2D eigenvalue weighted by Crippen LogP contribution is -2.40. The summed E-state index contributed by atoms with van der Waals surface area (Å²) in [4.78, 5) is 16.3. The summed E-state index contributed by atoms with van der Waals surface area (Å²) in [6.45, 7) is 0.932. The summed E-state index contributed by atoms with van der Waals surface area (Å²) in [5, 5.41) is 20.1. The third kappa shape index (κ3) is 3.13. The van der Waals surface area contributed by atoms with Gasteiger partial charge < -0.3 is 10.0 Å². The van der Waals surface area contributed by atoms with Crippen LogP contribution in [-0.2, 0) is 0 Å². The molecule has 0 spiro atoms. The second kappa shape index (κ2) is 6.16. The summed E-state index contributed by atoms with van der Waals surface area (Å²) in [6.07, 6.45) is 5.03. The van der Waals surface area contributed by atoms with Crippen molar-refractivity contribution in [3.05, 3.63) is 27.4 Å². The van der Waals surface area contributed by atoms with E-state index in [4.69, 9.17) is 16.7 Å².